The van der Waals surface area contributed by atoms with E-state index < -0.39 is 10.7 Å². The molecule has 1 amide bonds. The number of carbonyl (C=O) groups excluding carboxylic acids is 1. The van der Waals surface area contributed by atoms with Crippen molar-refractivity contribution in [1.29, 1.82) is 0 Å². The van der Waals surface area contributed by atoms with Crippen LogP contribution in [-0.2, 0) is 6.54 Å². The third kappa shape index (κ3) is 4.47. The fraction of sp³-hybridized carbons (Fsp3) is 0.381. The lowest BCUT2D eigenvalue weighted by Crippen LogP contribution is -2.30. The first-order valence-electron chi connectivity index (χ1n) is 9.59. The zero-order chi connectivity index (χ0) is 21.0. The van der Waals surface area contributed by atoms with Gasteiger partial charge in [-0.3, -0.25) is 14.9 Å². The molecule has 0 radical (unpaired) electrons. The van der Waals surface area contributed by atoms with Crippen LogP contribution >= 0.6 is 0 Å². The van der Waals surface area contributed by atoms with E-state index in [0.29, 0.717) is 17.8 Å². The number of ether oxygens (including phenoxy) is 1. The Kier molecular flexibility index (Phi) is 6.31. The molecule has 0 spiro atoms. The molecule has 1 fully saturated rings. The van der Waals surface area contributed by atoms with Crippen molar-refractivity contribution in [1.82, 2.24) is 4.90 Å². The van der Waals surface area contributed by atoms with Crippen LogP contribution in [0, 0.1) is 15.9 Å². The second kappa shape index (κ2) is 8.89. The summed E-state index contributed by atoms with van der Waals surface area (Å²) in [5.41, 5.74) is 1.34. The van der Waals surface area contributed by atoms with Crippen LogP contribution < -0.4 is 9.64 Å². The highest BCUT2D eigenvalue weighted by Crippen LogP contribution is 2.32. The number of nitrogens with zero attached hydrogens (tertiary/aromatic N) is 3. The van der Waals surface area contributed by atoms with Crippen molar-refractivity contribution >= 4 is 17.3 Å². The number of rotatable bonds is 7. The van der Waals surface area contributed by atoms with E-state index in [4.69, 9.17) is 4.74 Å². The van der Waals surface area contributed by atoms with E-state index in [1.807, 2.05) is 11.8 Å². The maximum Gasteiger partial charge on any atom is 0.293 e. The summed E-state index contributed by atoms with van der Waals surface area (Å²) >= 11 is 0. The van der Waals surface area contributed by atoms with Gasteiger partial charge in [-0.2, -0.15) is 0 Å². The van der Waals surface area contributed by atoms with Crippen LogP contribution in [0.25, 0.3) is 0 Å². The minimum atomic E-state index is -0.501. The maximum atomic E-state index is 14.0. The summed E-state index contributed by atoms with van der Waals surface area (Å²) in [7, 11) is 1.39. The topological polar surface area (TPSA) is 75.9 Å². The number of hydrogen-bond acceptors (Lipinski definition) is 5. The van der Waals surface area contributed by atoms with Gasteiger partial charge in [-0.25, -0.2) is 4.39 Å². The van der Waals surface area contributed by atoms with Gasteiger partial charge < -0.3 is 14.5 Å². The number of nitro groups is 1. The van der Waals surface area contributed by atoms with Gasteiger partial charge in [-0.05, 0) is 49.6 Å². The second-order valence-corrected chi connectivity index (χ2v) is 6.94. The van der Waals surface area contributed by atoms with Gasteiger partial charge in [0.25, 0.3) is 11.6 Å². The van der Waals surface area contributed by atoms with Crippen molar-refractivity contribution in [2.45, 2.75) is 26.3 Å². The Morgan fingerprint density at radius 1 is 1.24 bits per heavy atom. The number of halogens is 1. The van der Waals surface area contributed by atoms with Gasteiger partial charge in [-0.1, -0.05) is 6.07 Å². The highest BCUT2D eigenvalue weighted by Gasteiger charge is 2.25. The molecular formula is C21H24FN3O4. The number of carbonyl (C=O) groups is 1. The largest absolute Gasteiger partial charge is 0.494 e. The van der Waals surface area contributed by atoms with Crippen LogP contribution in [0.15, 0.2) is 36.4 Å². The van der Waals surface area contributed by atoms with Crippen LogP contribution in [-0.4, -0.2) is 42.5 Å². The summed E-state index contributed by atoms with van der Waals surface area (Å²) in [6.45, 7) is 3.94. The number of nitro benzene ring substituents is 1. The van der Waals surface area contributed by atoms with Crippen molar-refractivity contribution in [2.75, 3.05) is 31.6 Å². The van der Waals surface area contributed by atoms with Gasteiger partial charge >= 0.3 is 0 Å². The summed E-state index contributed by atoms with van der Waals surface area (Å²) < 4.78 is 18.9. The summed E-state index contributed by atoms with van der Waals surface area (Å²) in [5.74, 6) is -0.699. The molecule has 0 N–H and O–H groups in total. The highest BCUT2D eigenvalue weighted by atomic mass is 19.1. The monoisotopic (exact) mass is 401 g/mol. The second-order valence-electron chi connectivity index (χ2n) is 6.94. The fourth-order valence-electron chi connectivity index (χ4n) is 3.57. The molecule has 1 saturated heterocycles. The van der Waals surface area contributed by atoms with E-state index in [0.717, 1.165) is 25.9 Å². The first-order chi connectivity index (χ1) is 13.9. The standard InChI is InChI=1S/C21H24FN3O4/c1-3-23(14-15-6-9-20(29-2)17(22)12-15)21(26)16-7-8-18(19(13-16)25(27)28)24-10-4-5-11-24/h6-9,12-13H,3-5,10-11,14H2,1-2H3. The van der Waals surface area contributed by atoms with E-state index in [2.05, 4.69) is 0 Å². The Hall–Kier alpha value is -3.16. The van der Waals surface area contributed by atoms with Crippen molar-refractivity contribution in [3.63, 3.8) is 0 Å². The molecule has 0 atom stereocenters. The van der Waals surface area contributed by atoms with Gasteiger partial charge in [-0.15, -0.1) is 0 Å². The van der Waals surface area contributed by atoms with Crippen LogP contribution in [0.4, 0.5) is 15.8 Å². The highest BCUT2D eigenvalue weighted by molar-refractivity contribution is 5.95. The van der Waals surface area contributed by atoms with E-state index in [9.17, 15) is 19.3 Å². The molecule has 0 unspecified atom stereocenters. The van der Waals surface area contributed by atoms with Gasteiger partial charge in [0.2, 0.25) is 0 Å². The Balaban J connectivity index is 1.84. The molecule has 0 aliphatic carbocycles. The first-order valence-corrected chi connectivity index (χ1v) is 9.59. The van der Waals surface area contributed by atoms with E-state index in [1.165, 1.54) is 30.2 Å². The van der Waals surface area contributed by atoms with Crippen molar-refractivity contribution in [2.24, 2.45) is 0 Å². The van der Waals surface area contributed by atoms with Gasteiger partial charge in [0.1, 0.15) is 5.69 Å². The van der Waals surface area contributed by atoms with Crippen LogP contribution in [0.1, 0.15) is 35.7 Å². The number of hydrogen-bond donors (Lipinski definition) is 0. The lowest BCUT2D eigenvalue weighted by atomic mass is 10.1. The van der Waals surface area contributed by atoms with Crippen molar-refractivity contribution < 1.29 is 18.8 Å². The number of anilines is 1. The molecule has 2 aromatic rings. The van der Waals surface area contributed by atoms with Crippen molar-refractivity contribution in [3.8, 4) is 5.75 Å². The molecule has 3 rings (SSSR count). The number of amides is 1. The summed E-state index contributed by atoms with van der Waals surface area (Å²) in [6.07, 6.45) is 2.00. The zero-order valence-electron chi connectivity index (χ0n) is 16.6. The molecule has 0 bridgehead atoms. The van der Waals surface area contributed by atoms with E-state index in [-0.39, 0.29) is 29.5 Å². The molecule has 1 heterocycles. The maximum absolute atomic E-state index is 14.0. The smallest absolute Gasteiger partial charge is 0.293 e. The van der Waals surface area contributed by atoms with Crippen LogP contribution in [0.5, 0.6) is 5.75 Å². The number of benzene rings is 2. The SMILES string of the molecule is CCN(Cc1ccc(OC)c(F)c1)C(=O)c1ccc(N2CCCC2)c([N+](=O)[O-])c1. The molecule has 29 heavy (non-hydrogen) atoms. The molecule has 8 heteroatoms. The zero-order valence-corrected chi connectivity index (χ0v) is 16.6. The Morgan fingerprint density at radius 2 is 1.97 bits per heavy atom. The first kappa shape index (κ1) is 20.6. The summed E-state index contributed by atoms with van der Waals surface area (Å²) in [4.78, 5) is 27.6. The van der Waals surface area contributed by atoms with Gasteiger partial charge in [0, 0.05) is 37.8 Å². The molecular weight excluding hydrogens is 377 g/mol. The molecule has 2 aromatic carbocycles. The van der Waals surface area contributed by atoms with E-state index >= 15 is 0 Å². The van der Waals surface area contributed by atoms with Crippen molar-refractivity contribution in [3.05, 3.63) is 63.5 Å². The molecule has 7 nitrogen and oxygen atoms in total. The fourth-order valence-corrected chi connectivity index (χ4v) is 3.57. The Labute approximate surface area is 168 Å². The summed E-state index contributed by atoms with van der Waals surface area (Å²) in [5, 5.41) is 11.6. The normalized spacial score (nSPS) is 13.4. The lowest BCUT2D eigenvalue weighted by molar-refractivity contribution is -0.384. The summed E-state index contributed by atoms with van der Waals surface area (Å²) in [6, 6.07) is 9.15. The van der Waals surface area contributed by atoms with E-state index in [1.54, 1.807) is 18.2 Å². The Bertz CT molecular complexity index is 913. The minimum absolute atomic E-state index is 0.0655. The minimum Gasteiger partial charge on any atom is -0.494 e. The predicted octanol–water partition coefficient (Wildman–Crippen LogP) is 4.01. The average molecular weight is 401 g/mol. The molecule has 0 aromatic heterocycles. The van der Waals surface area contributed by atoms with Crippen LogP contribution in [0.2, 0.25) is 0 Å². The quantitative estimate of drug-likeness (QED) is 0.518. The third-order valence-corrected chi connectivity index (χ3v) is 5.12. The number of methoxy groups -OCH3 is 1. The Morgan fingerprint density at radius 3 is 2.55 bits per heavy atom. The molecule has 0 saturated carbocycles. The lowest BCUT2D eigenvalue weighted by Gasteiger charge is -2.22. The molecule has 1 aliphatic rings. The average Bonchev–Trinajstić information content (AvgIpc) is 3.26. The third-order valence-electron chi connectivity index (χ3n) is 5.12. The van der Waals surface area contributed by atoms with Crippen LogP contribution in [0.3, 0.4) is 0 Å². The molecule has 1 aliphatic heterocycles. The molecule has 154 valence electrons. The van der Waals surface area contributed by atoms with Gasteiger partial charge in [0.15, 0.2) is 11.6 Å². The predicted molar refractivity (Wildman–Crippen MR) is 108 cm³/mol. The van der Waals surface area contributed by atoms with Gasteiger partial charge in [0.05, 0.1) is 12.0 Å².